The first-order chi connectivity index (χ1) is 7.00. The fourth-order valence-electron chi connectivity index (χ4n) is 1.36. The number of hydrogen-bond acceptors (Lipinski definition) is 3. The van der Waals surface area contributed by atoms with Gasteiger partial charge in [-0.2, -0.15) is 8.42 Å². The number of fused-ring (bicyclic) bond motifs is 1. The summed E-state index contributed by atoms with van der Waals surface area (Å²) in [6, 6.07) is 6.37. The van der Waals surface area contributed by atoms with Crippen LogP contribution in [0.5, 0.6) is 0 Å². The second kappa shape index (κ2) is 3.16. The number of rotatable bonds is 0. The Morgan fingerprint density at radius 1 is 1.33 bits per heavy atom. The van der Waals surface area contributed by atoms with Crippen molar-refractivity contribution in [2.24, 2.45) is 4.40 Å². The molecule has 0 aliphatic carbocycles. The van der Waals surface area contributed by atoms with E-state index in [1.54, 1.807) is 18.2 Å². The van der Waals surface area contributed by atoms with E-state index in [9.17, 15) is 13.2 Å². The minimum atomic E-state index is -3.63. The first kappa shape index (κ1) is 9.85. The summed E-state index contributed by atoms with van der Waals surface area (Å²) in [5.74, 6) is -0.251. The van der Waals surface area contributed by atoms with Crippen LogP contribution in [0.25, 0.3) is 0 Å². The van der Waals surface area contributed by atoms with E-state index >= 15 is 0 Å². The summed E-state index contributed by atoms with van der Waals surface area (Å²) in [5, 5.41) is 2.39. The lowest BCUT2D eigenvalue weighted by Gasteiger charge is -2.00. The van der Waals surface area contributed by atoms with Crippen molar-refractivity contribution in [3.8, 4) is 0 Å². The molecule has 6 heteroatoms. The Kier molecular flexibility index (Phi) is 2.08. The first-order valence-corrected chi connectivity index (χ1v) is 5.67. The topological polar surface area (TPSA) is 75.6 Å². The fraction of sp³-hybridized carbons (Fsp3) is 0.111. The number of carbonyl (C=O) groups excluding carboxylic acids is 1. The lowest BCUT2D eigenvalue weighted by atomic mass is 10.2. The molecule has 1 N–H and O–H groups in total. The summed E-state index contributed by atoms with van der Waals surface area (Å²) in [6.45, 7) is 1.30. The van der Waals surface area contributed by atoms with Gasteiger partial charge in [-0.25, -0.2) is 0 Å². The molecule has 1 aliphatic heterocycles. The second-order valence-electron chi connectivity index (χ2n) is 3.09. The van der Waals surface area contributed by atoms with Crippen LogP contribution in [0.2, 0.25) is 0 Å². The first-order valence-electron chi connectivity index (χ1n) is 4.23. The lowest BCUT2D eigenvalue weighted by Crippen LogP contribution is -2.27. The highest BCUT2D eigenvalue weighted by Gasteiger charge is 2.28. The van der Waals surface area contributed by atoms with Crippen molar-refractivity contribution in [2.45, 2.75) is 11.8 Å². The van der Waals surface area contributed by atoms with Gasteiger partial charge in [0.2, 0.25) is 5.91 Å². The maximum absolute atomic E-state index is 11.5. The van der Waals surface area contributed by atoms with Gasteiger partial charge < -0.3 is 5.32 Å². The molecule has 2 rings (SSSR count). The fourth-order valence-corrected chi connectivity index (χ4v) is 2.54. The number of hydrogen-bond donors (Lipinski definition) is 1. The molecule has 0 saturated carbocycles. The van der Waals surface area contributed by atoms with Gasteiger partial charge in [0.05, 0.1) is 0 Å². The molecular formula is C9H8N2O3S. The van der Waals surface area contributed by atoms with E-state index in [1.807, 2.05) is 0 Å². The minimum Gasteiger partial charge on any atom is -0.310 e. The predicted molar refractivity (Wildman–Crippen MR) is 54.0 cm³/mol. The lowest BCUT2D eigenvalue weighted by molar-refractivity contribution is -0.117. The average Bonchev–Trinajstić information content (AvgIpc) is 2.39. The van der Waals surface area contributed by atoms with Gasteiger partial charge in [0, 0.05) is 12.5 Å². The zero-order valence-corrected chi connectivity index (χ0v) is 8.71. The SMILES string of the molecule is CC(=O)NC1=NS(=O)(=O)c2ccccc21. The van der Waals surface area contributed by atoms with Crippen LogP contribution in [0.1, 0.15) is 12.5 Å². The molecule has 1 aromatic rings. The van der Waals surface area contributed by atoms with Crippen molar-refractivity contribution in [3.05, 3.63) is 29.8 Å². The molecule has 0 bridgehead atoms. The van der Waals surface area contributed by atoms with Crippen molar-refractivity contribution in [1.82, 2.24) is 5.32 Å². The van der Waals surface area contributed by atoms with Crippen molar-refractivity contribution < 1.29 is 13.2 Å². The Bertz CT molecular complexity index is 560. The Hall–Kier alpha value is -1.69. The zero-order valence-electron chi connectivity index (χ0n) is 7.89. The molecular weight excluding hydrogens is 216 g/mol. The van der Waals surface area contributed by atoms with Crippen LogP contribution in [0, 0.1) is 0 Å². The van der Waals surface area contributed by atoms with Crippen LogP contribution in [-0.2, 0) is 14.8 Å². The number of sulfonamides is 1. The monoisotopic (exact) mass is 224 g/mol. The molecule has 0 fully saturated rings. The van der Waals surface area contributed by atoms with Crippen molar-refractivity contribution in [2.75, 3.05) is 0 Å². The van der Waals surface area contributed by atoms with E-state index in [1.165, 1.54) is 13.0 Å². The minimum absolute atomic E-state index is 0.0955. The number of amides is 1. The molecule has 0 radical (unpaired) electrons. The summed E-state index contributed by atoms with van der Waals surface area (Å²) in [4.78, 5) is 11.0. The number of amidine groups is 1. The summed E-state index contributed by atoms with van der Waals surface area (Å²) in [7, 11) is -3.63. The van der Waals surface area contributed by atoms with E-state index < -0.39 is 10.0 Å². The highest BCUT2D eigenvalue weighted by Crippen LogP contribution is 2.24. The maximum Gasteiger partial charge on any atom is 0.285 e. The van der Waals surface area contributed by atoms with E-state index in [4.69, 9.17) is 0 Å². The third-order valence-corrected chi connectivity index (χ3v) is 3.26. The van der Waals surface area contributed by atoms with E-state index in [-0.39, 0.29) is 16.6 Å². The average molecular weight is 224 g/mol. The van der Waals surface area contributed by atoms with Gasteiger partial charge in [-0.3, -0.25) is 4.79 Å². The quantitative estimate of drug-likeness (QED) is 0.687. The van der Waals surface area contributed by atoms with Crippen LogP contribution in [0.4, 0.5) is 0 Å². The third-order valence-electron chi connectivity index (χ3n) is 1.93. The molecule has 0 spiro atoms. The molecule has 78 valence electrons. The second-order valence-corrected chi connectivity index (χ2v) is 4.66. The highest BCUT2D eigenvalue weighted by molar-refractivity contribution is 7.90. The Labute approximate surface area is 86.9 Å². The van der Waals surface area contributed by atoms with Gasteiger partial charge in [-0.05, 0) is 12.1 Å². The van der Waals surface area contributed by atoms with Gasteiger partial charge in [0.25, 0.3) is 10.0 Å². The summed E-state index contributed by atoms with van der Waals surface area (Å²) < 4.78 is 26.5. The zero-order chi connectivity index (χ0) is 11.1. The number of nitrogens with zero attached hydrogens (tertiary/aromatic N) is 1. The van der Waals surface area contributed by atoms with Crippen LogP contribution in [0.3, 0.4) is 0 Å². The number of carbonyl (C=O) groups is 1. The molecule has 1 aliphatic rings. The standard InChI is InChI=1S/C9H8N2O3S/c1-6(12)10-9-7-4-2-3-5-8(7)15(13,14)11-9/h2-5H,1H3,(H,10,11,12). The number of benzene rings is 1. The third kappa shape index (κ3) is 1.63. The molecule has 1 amide bonds. The van der Waals surface area contributed by atoms with Gasteiger partial charge in [0.1, 0.15) is 4.90 Å². The van der Waals surface area contributed by atoms with Crippen LogP contribution >= 0.6 is 0 Å². The van der Waals surface area contributed by atoms with E-state index in [0.717, 1.165) is 0 Å². The smallest absolute Gasteiger partial charge is 0.285 e. The molecule has 0 saturated heterocycles. The highest BCUT2D eigenvalue weighted by atomic mass is 32.2. The van der Waals surface area contributed by atoms with Gasteiger partial charge in [-0.1, -0.05) is 12.1 Å². The van der Waals surface area contributed by atoms with Gasteiger partial charge in [-0.15, -0.1) is 4.40 Å². The summed E-state index contributed by atoms with van der Waals surface area (Å²) in [6.07, 6.45) is 0. The molecule has 15 heavy (non-hydrogen) atoms. The van der Waals surface area contributed by atoms with Gasteiger partial charge >= 0.3 is 0 Å². The normalized spacial score (nSPS) is 16.7. The van der Waals surface area contributed by atoms with Crippen molar-refractivity contribution in [3.63, 3.8) is 0 Å². The largest absolute Gasteiger partial charge is 0.310 e. The van der Waals surface area contributed by atoms with Crippen molar-refractivity contribution in [1.29, 1.82) is 0 Å². The van der Waals surface area contributed by atoms with Crippen LogP contribution < -0.4 is 5.32 Å². The molecule has 1 heterocycles. The summed E-state index contributed by atoms with van der Waals surface area (Å²) >= 11 is 0. The van der Waals surface area contributed by atoms with Crippen molar-refractivity contribution >= 4 is 21.8 Å². The predicted octanol–water partition coefficient (Wildman–Crippen LogP) is 0.272. The van der Waals surface area contributed by atoms with E-state index in [0.29, 0.717) is 5.56 Å². The molecule has 5 nitrogen and oxygen atoms in total. The van der Waals surface area contributed by atoms with Crippen LogP contribution in [0.15, 0.2) is 33.6 Å². The van der Waals surface area contributed by atoms with Gasteiger partial charge in [0.15, 0.2) is 5.84 Å². The molecule has 1 aromatic carbocycles. The Morgan fingerprint density at radius 3 is 2.67 bits per heavy atom. The maximum atomic E-state index is 11.5. The summed E-state index contributed by atoms with van der Waals surface area (Å²) in [5.41, 5.74) is 0.438. The van der Waals surface area contributed by atoms with Crippen LogP contribution in [-0.4, -0.2) is 20.2 Å². The molecule has 0 atom stereocenters. The van der Waals surface area contributed by atoms with E-state index in [2.05, 4.69) is 9.71 Å². The Balaban J connectivity index is 2.58. The number of nitrogens with one attached hydrogen (secondary N) is 1. The molecule has 0 unspecified atom stereocenters. The molecule has 0 aromatic heterocycles. The Morgan fingerprint density at radius 2 is 2.00 bits per heavy atom.